The largest absolute Gasteiger partial charge is 0.335 e. The number of carbonyl (C=O) groups excluding carboxylic acids is 2. The van der Waals surface area contributed by atoms with Gasteiger partial charge in [-0.25, -0.2) is 17.8 Å². The highest BCUT2D eigenvalue weighted by molar-refractivity contribution is 9.10. The smallest absolute Gasteiger partial charge is 0.254 e. The molecule has 1 saturated heterocycles. The van der Waals surface area contributed by atoms with Crippen LogP contribution >= 0.6 is 15.9 Å². The van der Waals surface area contributed by atoms with E-state index in [1.54, 1.807) is 46.2 Å². The summed E-state index contributed by atoms with van der Waals surface area (Å²) in [7, 11) is -3.44. The van der Waals surface area contributed by atoms with Gasteiger partial charge in [0.15, 0.2) is 9.84 Å². The molecule has 204 valence electrons. The minimum Gasteiger partial charge on any atom is -0.335 e. The van der Waals surface area contributed by atoms with Gasteiger partial charge < -0.3 is 9.80 Å². The molecule has 3 aromatic carbocycles. The van der Waals surface area contributed by atoms with Crippen molar-refractivity contribution >= 4 is 60.6 Å². The summed E-state index contributed by atoms with van der Waals surface area (Å²) >= 11 is 3.48. The topological polar surface area (TPSA) is 87.7 Å². The van der Waals surface area contributed by atoms with Crippen LogP contribution in [0.5, 0.6) is 0 Å². The highest BCUT2D eigenvalue weighted by atomic mass is 79.9. The molecule has 4 aromatic rings. The van der Waals surface area contributed by atoms with Gasteiger partial charge >= 0.3 is 0 Å². The molecule has 7 nitrogen and oxygen atoms in total. The van der Waals surface area contributed by atoms with E-state index in [1.807, 2.05) is 24.3 Å². The zero-order chi connectivity index (χ0) is 28.4. The Morgan fingerprint density at radius 1 is 0.875 bits per heavy atom. The fraction of sp³-hybridized carbons (Fsp3) is 0.167. The molecule has 0 aliphatic carbocycles. The minimum absolute atomic E-state index is 0.0900. The maximum Gasteiger partial charge on any atom is 0.254 e. The SMILES string of the molecule is CS(=O)(=O)c1cccc(C(=O)N2CCN(C(=O)c3cc(/C=C/c4ccc(F)cc4)nc4ccc(Br)cc34)CC2)c1. The molecule has 10 heteroatoms. The molecule has 0 N–H and O–H groups in total. The lowest BCUT2D eigenvalue weighted by molar-refractivity contribution is 0.0536. The molecule has 40 heavy (non-hydrogen) atoms. The van der Waals surface area contributed by atoms with Gasteiger partial charge in [0.05, 0.1) is 21.7 Å². The maximum absolute atomic E-state index is 13.7. The van der Waals surface area contributed by atoms with Crippen LogP contribution in [-0.4, -0.2) is 67.5 Å². The highest BCUT2D eigenvalue weighted by Gasteiger charge is 2.27. The number of hydrogen-bond acceptors (Lipinski definition) is 5. The molecule has 2 amide bonds. The van der Waals surface area contributed by atoms with Crippen LogP contribution in [0.15, 0.2) is 82.2 Å². The van der Waals surface area contributed by atoms with Gasteiger partial charge in [0.25, 0.3) is 11.8 Å². The molecule has 1 aromatic heterocycles. The number of pyridine rings is 1. The number of halogens is 2. The Morgan fingerprint density at radius 3 is 2.23 bits per heavy atom. The third-order valence-electron chi connectivity index (χ3n) is 6.70. The molecular weight excluding hydrogens is 597 g/mol. The molecule has 0 bridgehead atoms. The monoisotopic (exact) mass is 621 g/mol. The average Bonchev–Trinajstić information content (AvgIpc) is 2.95. The molecule has 0 spiro atoms. The number of rotatable bonds is 5. The standard InChI is InChI=1S/C30H25BrFN3O4S/c1-40(38,39)25-4-2-3-21(17-25)29(36)34-13-15-35(16-14-34)30(37)27-19-24(11-7-20-5-9-23(32)10-6-20)33-28-12-8-22(31)18-26(27)28/h2-12,17-19H,13-16H2,1H3/b11-7+. The molecule has 5 rings (SSSR count). The van der Waals surface area contributed by atoms with Crippen LogP contribution in [0.2, 0.25) is 0 Å². The summed E-state index contributed by atoms with van der Waals surface area (Å²) in [5.74, 6) is -0.763. The molecular formula is C30H25BrFN3O4S. The Hall–Kier alpha value is -3.89. The Labute approximate surface area is 240 Å². The predicted molar refractivity (Wildman–Crippen MR) is 156 cm³/mol. The van der Waals surface area contributed by atoms with Crippen LogP contribution < -0.4 is 0 Å². The Bertz CT molecular complexity index is 1750. The molecule has 0 saturated carbocycles. The summed E-state index contributed by atoms with van der Waals surface area (Å²) in [6, 6.07) is 19.4. The second kappa shape index (κ2) is 11.3. The minimum atomic E-state index is -3.44. The van der Waals surface area contributed by atoms with Crippen LogP contribution in [0.1, 0.15) is 32.0 Å². The normalized spacial score (nSPS) is 14.2. The van der Waals surface area contributed by atoms with Gasteiger partial charge in [-0.05, 0) is 66.2 Å². The lowest BCUT2D eigenvalue weighted by Crippen LogP contribution is -2.50. The van der Waals surface area contributed by atoms with E-state index < -0.39 is 9.84 Å². The summed E-state index contributed by atoms with van der Waals surface area (Å²) in [5.41, 5.74) is 2.83. The van der Waals surface area contributed by atoms with E-state index in [0.717, 1.165) is 16.3 Å². The number of hydrogen-bond donors (Lipinski definition) is 0. The summed E-state index contributed by atoms with van der Waals surface area (Å²) in [5, 5.41) is 0.703. The number of aromatic nitrogens is 1. The first-order chi connectivity index (χ1) is 19.1. The zero-order valence-electron chi connectivity index (χ0n) is 21.6. The van der Waals surface area contributed by atoms with Gasteiger partial charge in [-0.2, -0.15) is 0 Å². The van der Waals surface area contributed by atoms with Crippen LogP contribution in [0.25, 0.3) is 23.1 Å². The van der Waals surface area contributed by atoms with Crippen LogP contribution in [-0.2, 0) is 9.84 Å². The summed E-state index contributed by atoms with van der Waals surface area (Å²) in [4.78, 5) is 34.9. The highest BCUT2D eigenvalue weighted by Crippen LogP contribution is 2.26. The lowest BCUT2D eigenvalue weighted by atomic mass is 10.0. The van der Waals surface area contributed by atoms with Gasteiger partial charge in [0.2, 0.25) is 0 Å². The van der Waals surface area contributed by atoms with Gasteiger partial charge in [-0.1, -0.05) is 40.2 Å². The van der Waals surface area contributed by atoms with E-state index >= 15 is 0 Å². The Balaban J connectivity index is 1.36. The van der Waals surface area contributed by atoms with E-state index in [4.69, 9.17) is 0 Å². The third-order valence-corrected chi connectivity index (χ3v) is 8.30. The van der Waals surface area contributed by atoms with Crippen molar-refractivity contribution in [2.75, 3.05) is 32.4 Å². The molecule has 0 radical (unpaired) electrons. The first-order valence-corrected chi connectivity index (χ1v) is 15.2. The zero-order valence-corrected chi connectivity index (χ0v) is 24.0. The number of sulfone groups is 1. The second-order valence-electron chi connectivity index (χ2n) is 9.53. The Kier molecular flexibility index (Phi) is 7.82. The van der Waals surface area contributed by atoms with E-state index in [-0.39, 0.29) is 22.5 Å². The second-order valence-corrected chi connectivity index (χ2v) is 12.5. The predicted octanol–water partition coefficient (Wildman–Crippen LogP) is 5.31. The van der Waals surface area contributed by atoms with Gasteiger partial charge in [0.1, 0.15) is 5.82 Å². The first-order valence-electron chi connectivity index (χ1n) is 12.5. The summed E-state index contributed by atoms with van der Waals surface area (Å²) < 4.78 is 37.9. The fourth-order valence-electron chi connectivity index (χ4n) is 4.56. The maximum atomic E-state index is 13.7. The van der Waals surface area contributed by atoms with E-state index in [0.29, 0.717) is 53.9 Å². The average molecular weight is 623 g/mol. The van der Waals surface area contributed by atoms with E-state index in [9.17, 15) is 22.4 Å². The number of fused-ring (bicyclic) bond motifs is 1. The number of nitrogens with zero attached hydrogens (tertiary/aromatic N) is 3. The van der Waals surface area contributed by atoms with E-state index in [2.05, 4.69) is 20.9 Å². The molecule has 2 heterocycles. The van der Waals surface area contributed by atoms with Crippen molar-refractivity contribution in [3.63, 3.8) is 0 Å². The van der Waals surface area contributed by atoms with Crippen molar-refractivity contribution in [3.8, 4) is 0 Å². The van der Waals surface area contributed by atoms with Crippen molar-refractivity contribution in [3.05, 3.63) is 105 Å². The summed E-state index contributed by atoms with van der Waals surface area (Å²) in [6.07, 6.45) is 4.70. The fourth-order valence-corrected chi connectivity index (χ4v) is 5.59. The first kappa shape index (κ1) is 27.7. The van der Waals surface area contributed by atoms with Gasteiger partial charge in [-0.3, -0.25) is 9.59 Å². The van der Waals surface area contributed by atoms with Crippen molar-refractivity contribution in [2.24, 2.45) is 0 Å². The van der Waals surface area contributed by atoms with Gasteiger partial charge in [0, 0.05) is 47.9 Å². The van der Waals surface area contributed by atoms with Crippen LogP contribution in [0.3, 0.4) is 0 Å². The van der Waals surface area contributed by atoms with Gasteiger partial charge in [-0.15, -0.1) is 0 Å². The molecule has 0 unspecified atom stereocenters. The van der Waals surface area contributed by atoms with Crippen molar-refractivity contribution in [1.82, 2.24) is 14.8 Å². The Morgan fingerprint density at radius 2 is 1.55 bits per heavy atom. The van der Waals surface area contributed by atoms with E-state index in [1.165, 1.54) is 24.3 Å². The van der Waals surface area contributed by atoms with Crippen molar-refractivity contribution < 1.29 is 22.4 Å². The van der Waals surface area contributed by atoms with Crippen molar-refractivity contribution in [2.45, 2.75) is 4.90 Å². The molecule has 0 atom stereocenters. The number of carbonyl (C=O) groups is 2. The number of amides is 2. The van der Waals surface area contributed by atoms with Crippen LogP contribution in [0.4, 0.5) is 4.39 Å². The number of piperazine rings is 1. The van der Waals surface area contributed by atoms with Crippen LogP contribution in [0, 0.1) is 5.82 Å². The number of benzene rings is 3. The third kappa shape index (κ3) is 6.13. The molecule has 1 aliphatic heterocycles. The quantitative estimate of drug-likeness (QED) is 0.301. The van der Waals surface area contributed by atoms with Crippen molar-refractivity contribution in [1.29, 1.82) is 0 Å². The molecule has 1 fully saturated rings. The molecule has 1 aliphatic rings. The summed E-state index contributed by atoms with van der Waals surface area (Å²) in [6.45, 7) is 1.29. The lowest BCUT2D eigenvalue weighted by Gasteiger charge is -2.35.